The number of unbranched alkanes of at least 4 members (excludes halogenated alkanes) is 2. The van der Waals surface area contributed by atoms with Gasteiger partial charge >= 0.3 is 11.9 Å². The molecule has 0 amide bonds. The zero-order valence-electron chi connectivity index (χ0n) is 13.7. The zero-order valence-corrected chi connectivity index (χ0v) is 14.5. The Bertz CT molecular complexity index is 385. The van der Waals surface area contributed by atoms with Crippen molar-refractivity contribution in [1.29, 1.82) is 0 Å². The fourth-order valence-electron chi connectivity index (χ4n) is 1.88. The fourth-order valence-corrected chi connectivity index (χ4v) is 1.88. The summed E-state index contributed by atoms with van der Waals surface area (Å²) in [6.07, 6.45) is 0.865. The molecular formula is C13H25ClN2O7. The average molecular weight is 357 g/mol. The van der Waals surface area contributed by atoms with Crippen molar-refractivity contribution in [3.8, 4) is 0 Å². The van der Waals surface area contributed by atoms with Crippen molar-refractivity contribution in [2.45, 2.75) is 38.2 Å². The lowest BCUT2D eigenvalue weighted by molar-refractivity contribution is -0.873. The molecule has 0 spiro atoms. The Morgan fingerprint density at radius 2 is 1.83 bits per heavy atom. The van der Waals surface area contributed by atoms with Crippen LogP contribution >= 0.6 is 0 Å². The van der Waals surface area contributed by atoms with Gasteiger partial charge in [-0.15, -0.1) is 10.1 Å². The Morgan fingerprint density at radius 1 is 1.22 bits per heavy atom. The molecule has 0 aliphatic carbocycles. The van der Waals surface area contributed by atoms with Crippen LogP contribution in [-0.2, 0) is 19.2 Å². The highest BCUT2D eigenvalue weighted by molar-refractivity contribution is 5.71. The number of nitrogens with zero attached hydrogens (tertiary/aromatic N) is 2. The first kappa shape index (κ1) is 23.7. The lowest BCUT2D eigenvalue weighted by atomic mass is 10.2. The SMILES string of the molecule is C[N+](C)(C)C[C@H](CC(=O)O)OC(=O)CCCCCO[N+](=O)[O-].[Cl-]. The Hall–Kier alpha value is -1.61. The number of likely N-dealkylation sites (N-methyl/N-ethyl adjacent to an activating group) is 1. The van der Waals surface area contributed by atoms with Crippen molar-refractivity contribution >= 4 is 11.9 Å². The Morgan fingerprint density at radius 3 is 2.30 bits per heavy atom. The normalized spacial score (nSPS) is 12.0. The molecule has 10 heteroatoms. The van der Waals surface area contributed by atoms with Crippen LogP contribution in [0.15, 0.2) is 0 Å². The molecule has 0 aliphatic rings. The summed E-state index contributed by atoms with van der Waals surface area (Å²) in [7, 11) is 5.66. The van der Waals surface area contributed by atoms with Gasteiger partial charge in [-0.25, -0.2) is 0 Å². The van der Waals surface area contributed by atoms with Crippen LogP contribution < -0.4 is 12.4 Å². The molecule has 136 valence electrons. The number of carbonyl (C=O) groups is 2. The highest BCUT2D eigenvalue weighted by atomic mass is 35.5. The minimum atomic E-state index is -1.01. The van der Waals surface area contributed by atoms with E-state index in [2.05, 4.69) is 4.84 Å². The number of aliphatic carboxylic acids is 1. The van der Waals surface area contributed by atoms with Crippen LogP contribution in [0.2, 0.25) is 0 Å². The van der Waals surface area contributed by atoms with Crippen LogP contribution in [0.3, 0.4) is 0 Å². The third-order valence-electron chi connectivity index (χ3n) is 2.67. The Balaban J connectivity index is 0. The second-order valence-corrected chi connectivity index (χ2v) is 6.05. The van der Waals surface area contributed by atoms with Gasteiger partial charge in [0.15, 0.2) is 6.10 Å². The maximum atomic E-state index is 11.7. The molecule has 0 aromatic heterocycles. The second-order valence-electron chi connectivity index (χ2n) is 6.05. The molecule has 0 heterocycles. The van der Waals surface area contributed by atoms with E-state index in [9.17, 15) is 19.7 Å². The number of carbonyl (C=O) groups excluding carboxylic acids is 1. The molecule has 0 radical (unpaired) electrons. The largest absolute Gasteiger partial charge is 1.00 e. The number of esters is 1. The van der Waals surface area contributed by atoms with Gasteiger partial charge in [-0.05, 0) is 12.8 Å². The fraction of sp³-hybridized carbons (Fsp3) is 0.846. The van der Waals surface area contributed by atoms with Crippen LogP contribution in [0.4, 0.5) is 0 Å². The van der Waals surface area contributed by atoms with E-state index in [1.54, 1.807) is 0 Å². The Kier molecular flexibility index (Phi) is 12.2. The number of carboxylic acids is 1. The van der Waals surface area contributed by atoms with E-state index >= 15 is 0 Å². The molecule has 9 nitrogen and oxygen atoms in total. The lowest BCUT2D eigenvalue weighted by Crippen LogP contribution is -3.00. The molecule has 0 rings (SSSR count). The first-order chi connectivity index (χ1) is 10.1. The maximum Gasteiger partial charge on any atom is 0.307 e. The molecule has 0 saturated carbocycles. The molecule has 1 N–H and O–H groups in total. The van der Waals surface area contributed by atoms with Crippen LogP contribution in [0.1, 0.15) is 32.1 Å². The van der Waals surface area contributed by atoms with Gasteiger partial charge in [0.05, 0.1) is 34.2 Å². The van der Waals surface area contributed by atoms with Crippen molar-refractivity contribution in [2.75, 3.05) is 34.3 Å². The van der Waals surface area contributed by atoms with E-state index in [4.69, 9.17) is 9.84 Å². The van der Waals surface area contributed by atoms with E-state index in [0.717, 1.165) is 0 Å². The van der Waals surface area contributed by atoms with Gasteiger partial charge in [0.25, 0.3) is 5.09 Å². The number of ether oxygens (including phenoxy) is 1. The van der Waals surface area contributed by atoms with Gasteiger partial charge in [0, 0.05) is 6.42 Å². The highest BCUT2D eigenvalue weighted by Gasteiger charge is 2.24. The summed E-state index contributed by atoms with van der Waals surface area (Å²) >= 11 is 0. The topological polar surface area (TPSA) is 116 Å². The van der Waals surface area contributed by atoms with Crippen molar-refractivity contribution in [2.24, 2.45) is 0 Å². The summed E-state index contributed by atoms with van der Waals surface area (Å²) < 4.78 is 5.70. The van der Waals surface area contributed by atoms with Gasteiger partial charge in [-0.2, -0.15) is 0 Å². The van der Waals surface area contributed by atoms with Crippen molar-refractivity contribution in [3.05, 3.63) is 10.1 Å². The van der Waals surface area contributed by atoms with Crippen LogP contribution in [0, 0.1) is 10.1 Å². The molecule has 0 aliphatic heterocycles. The Labute approximate surface area is 141 Å². The van der Waals surface area contributed by atoms with Gasteiger partial charge in [0.2, 0.25) is 0 Å². The number of quaternary nitrogens is 1. The van der Waals surface area contributed by atoms with Gasteiger partial charge in [-0.3, -0.25) is 9.59 Å². The zero-order chi connectivity index (χ0) is 17.2. The molecule has 0 saturated heterocycles. The van der Waals surface area contributed by atoms with Crippen molar-refractivity contribution in [3.63, 3.8) is 0 Å². The van der Waals surface area contributed by atoms with E-state index in [1.807, 2.05) is 21.1 Å². The third kappa shape index (κ3) is 16.6. The number of rotatable bonds is 12. The molecule has 0 aromatic carbocycles. The minimum Gasteiger partial charge on any atom is -1.00 e. The molecular weight excluding hydrogens is 332 g/mol. The van der Waals surface area contributed by atoms with Crippen molar-refractivity contribution < 1.29 is 46.2 Å². The monoisotopic (exact) mass is 356 g/mol. The average Bonchev–Trinajstić information content (AvgIpc) is 2.29. The predicted molar refractivity (Wildman–Crippen MR) is 76.4 cm³/mol. The first-order valence-electron chi connectivity index (χ1n) is 7.09. The lowest BCUT2D eigenvalue weighted by Gasteiger charge is -2.28. The molecule has 0 fully saturated rings. The van der Waals surface area contributed by atoms with Crippen LogP contribution in [0.5, 0.6) is 0 Å². The summed E-state index contributed by atoms with van der Waals surface area (Å²) in [5, 5.41) is 17.9. The van der Waals surface area contributed by atoms with Crippen LogP contribution in [-0.4, -0.2) is 67.0 Å². The summed E-state index contributed by atoms with van der Waals surface area (Å²) in [5.41, 5.74) is 0. The maximum absolute atomic E-state index is 11.7. The summed E-state index contributed by atoms with van der Waals surface area (Å²) in [6.45, 7) is 0.417. The number of carboxylic acid groups (broad SMARTS) is 1. The van der Waals surface area contributed by atoms with Crippen LogP contribution in [0.25, 0.3) is 0 Å². The molecule has 1 atom stereocenters. The van der Waals surface area contributed by atoms with E-state index < -0.39 is 23.1 Å². The summed E-state index contributed by atoms with van der Waals surface area (Å²) in [6, 6.07) is 0. The van der Waals surface area contributed by atoms with Crippen molar-refractivity contribution in [1.82, 2.24) is 0 Å². The minimum absolute atomic E-state index is 0. The molecule has 0 bridgehead atoms. The molecule has 0 aromatic rings. The summed E-state index contributed by atoms with van der Waals surface area (Å²) in [4.78, 5) is 36.6. The smallest absolute Gasteiger partial charge is 0.307 e. The van der Waals surface area contributed by atoms with E-state index in [1.165, 1.54) is 0 Å². The second kappa shape index (κ2) is 11.9. The third-order valence-corrected chi connectivity index (χ3v) is 2.67. The predicted octanol–water partition coefficient (Wildman–Crippen LogP) is -2.15. The van der Waals surface area contributed by atoms with Gasteiger partial charge in [-0.1, -0.05) is 6.42 Å². The van der Waals surface area contributed by atoms with Gasteiger partial charge < -0.3 is 31.6 Å². The summed E-state index contributed by atoms with van der Waals surface area (Å²) in [5.74, 6) is -1.46. The highest BCUT2D eigenvalue weighted by Crippen LogP contribution is 2.09. The van der Waals surface area contributed by atoms with Gasteiger partial charge in [0.1, 0.15) is 6.54 Å². The van der Waals surface area contributed by atoms with E-state index in [0.29, 0.717) is 30.3 Å². The molecule has 23 heavy (non-hydrogen) atoms. The quantitative estimate of drug-likeness (QED) is 0.139. The number of hydrogen-bond donors (Lipinski definition) is 1. The standard InChI is InChI=1S/C13H24N2O7.ClH/c1-15(2,3)10-11(9-12(16)17)22-13(18)7-5-4-6-8-21-14(19)20;/h11H,4-10H2,1-3H3;1H/t11-;/m0./s1. The first-order valence-corrected chi connectivity index (χ1v) is 7.09. The molecule has 0 unspecified atom stereocenters. The number of hydrogen-bond acceptors (Lipinski definition) is 6. The number of halogens is 1. The van der Waals surface area contributed by atoms with E-state index in [-0.39, 0.29) is 31.9 Å².